The minimum atomic E-state index is -0.345. The number of nitrogens with zero attached hydrogens (tertiary/aromatic N) is 3. The van der Waals surface area contributed by atoms with Crippen molar-refractivity contribution in [3.05, 3.63) is 82.2 Å². The van der Waals surface area contributed by atoms with Gasteiger partial charge in [-0.3, -0.25) is 4.79 Å². The average molecular weight is 438 g/mol. The van der Waals surface area contributed by atoms with Gasteiger partial charge in [0.1, 0.15) is 18.2 Å². The molecule has 0 aliphatic heterocycles. The van der Waals surface area contributed by atoms with Crippen molar-refractivity contribution in [2.75, 3.05) is 12.4 Å². The third-order valence-electron chi connectivity index (χ3n) is 4.43. The quantitative estimate of drug-likeness (QED) is 0.456. The molecule has 0 aliphatic rings. The Bertz CT molecular complexity index is 1190. The molecule has 0 aliphatic carbocycles. The Balaban J connectivity index is 1.53. The number of aromatic nitrogens is 3. The number of benzene rings is 2. The molecule has 4 aromatic rings. The van der Waals surface area contributed by atoms with E-state index in [-0.39, 0.29) is 11.7 Å². The van der Waals surface area contributed by atoms with Crippen LogP contribution in [0.1, 0.15) is 21.7 Å². The highest BCUT2D eigenvalue weighted by Gasteiger charge is 2.15. The van der Waals surface area contributed by atoms with Crippen LogP contribution < -0.4 is 14.8 Å². The van der Waals surface area contributed by atoms with Gasteiger partial charge in [0, 0.05) is 17.0 Å². The average Bonchev–Trinajstić information content (AvgIpc) is 3.42. The van der Waals surface area contributed by atoms with Crippen LogP contribution in [-0.2, 0) is 6.61 Å². The molecule has 0 spiro atoms. The molecular formula is C22H19FN4O3S. The highest BCUT2D eigenvalue weighted by atomic mass is 32.1. The summed E-state index contributed by atoms with van der Waals surface area (Å²) in [6, 6.07) is 12.5. The Kier molecular flexibility index (Phi) is 5.94. The number of carbonyl (C=O) groups excluding carboxylic acids is 1. The number of rotatable bonds is 7. The van der Waals surface area contributed by atoms with Crippen molar-refractivity contribution < 1.29 is 18.7 Å². The lowest BCUT2D eigenvalue weighted by Gasteiger charge is -2.12. The lowest BCUT2D eigenvalue weighted by Crippen LogP contribution is -2.15. The summed E-state index contributed by atoms with van der Waals surface area (Å²) in [5, 5.41) is 9.14. The lowest BCUT2D eigenvalue weighted by molar-refractivity contribution is 0.102. The maximum absolute atomic E-state index is 13.3. The molecule has 1 N–H and O–H groups in total. The van der Waals surface area contributed by atoms with E-state index in [0.717, 1.165) is 5.69 Å². The summed E-state index contributed by atoms with van der Waals surface area (Å²) in [5.41, 5.74) is 4.29. The Morgan fingerprint density at radius 1 is 1.16 bits per heavy atom. The minimum absolute atomic E-state index is 0.307. The molecule has 158 valence electrons. The first-order valence-electron chi connectivity index (χ1n) is 9.35. The Hall–Kier alpha value is -3.72. The molecule has 1 amide bonds. The Labute approximate surface area is 182 Å². The van der Waals surface area contributed by atoms with Crippen LogP contribution in [0.25, 0.3) is 5.69 Å². The summed E-state index contributed by atoms with van der Waals surface area (Å²) in [7, 11) is 1.51. The van der Waals surface area contributed by atoms with Crippen molar-refractivity contribution in [1.29, 1.82) is 0 Å². The number of methoxy groups -OCH3 is 1. The number of anilines is 1. The first-order chi connectivity index (χ1) is 15.0. The number of nitrogens with one attached hydrogen (secondary N) is 1. The van der Waals surface area contributed by atoms with Gasteiger partial charge in [0.05, 0.1) is 29.7 Å². The van der Waals surface area contributed by atoms with Crippen LogP contribution >= 0.6 is 11.3 Å². The third-order valence-corrected chi connectivity index (χ3v) is 5.06. The summed E-state index contributed by atoms with van der Waals surface area (Å²) >= 11 is 1.49. The van der Waals surface area contributed by atoms with Gasteiger partial charge in [-0.2, -0.15) is 5.10 Å². The molecule has 0 saturated heterocycles. The van der Waals surface area contributed by atoms with Crippen molar-refractivity contribution in [1.82, 2.24) is 14.8 Å². The molecule has 0 atom stereocenters. The third kappa shape index (κ3) is 4.72. The van der Waals surface area contributed by atoms with Gasteiger partial charge in [0.25, 0.3) is 5.91 Å². The molecule has 0 fully saturated rings. The molecule has 9 heteroatoms. The topological polar surface area (TPSA) is 78.3 Å². The van der Waals surface area contributed by atoms with Crippen LogP contribution in [0.5, 0.6) is 11.5 Å². The smallest absolute Gasteiger partial charge is 0.256 e. The van der Waals surface area contributed by atoms with Gasteiger partial charge in [-0.05, 0) is 49.4 Å². The van der Waals surface area contributed by atoms with Gasteiger partial charge in [-0.25, -0.2) is 14.1 Å². The number of hydrogen-bond acceptors (Lipinski definition) is 6. The van der Waals surface area contributed by atoms with Crippen molar-refractivity contribution in [3.8, 4) is 17.2 Å². The number of hydrogen-bond donors (Lipinski definition) is 1. The van der Waals surface area contributed by atoms with E-state index in [1.54, 1.807) is 46.6 Å². The fraction of sp³-hybridized carbons (Fsp3) is 0.136. The molecule has 2 aromatic carbocycles. The summed E-state index contributed by atoms with van der Waals surface area (Å²) in [5.74, 6) is 0.734. The molecule has 31 heavy (non-hydrogen) atoms. The zero-order valence-corrected chi connectivity index (χ0v) is 17.6. The molecule has 0 radical (unpaired) electrons. The number of ether oxygens (including phenoxy) is 2. The van der Waals surface area contributed by atoms with Crippen molar-refractivity contribution in [3.63, 3.8) is 0 Å². The van der Waals surface area contributed by atoms with Crippen LogP contribution in [-0.4, -0.2) is 27.8 Å². The van der Waals surface area contributed by atoms with Gasteiger partial charge in [0.2, 0.25) is 0 Å². The predicted molar refractivity (Wildman–Crippen MR) is 116 cm³/mol. The van der Waals surface area contributed by atoms with Gasteiger partial charge in [-0.1, -0.05) is 0 Å². The van der Waals surface area contributed by atoms with Crippen molar-refractivity contribution in [2.24, 2.45) is 0 Å². The van der Waals surface area contributed by atoms with Gasteiger partial charge in [0.15, 0.2) is 11.5 Å². The molecule has 0 bridgehead atoms. The maximum Gasteiger partial charge on any atom is 0.256 e. The van der Waals surface area contributed by atoms with Crippen LogP contribution in [0, 0.1) is 12.7 Å². The van der Waals surface area contributed by atoms with Gasteiger partial charge >= 0.3 is 0 Å². The number of amides is 1. The van der Waals surface area contributed by atoms with E-state index in [4.69, 9.17) is 9.47 Å². The van der Waals surface area contributed by atoms with Crippen LogP contribution in [0.2, 0.25) is 0 Å². The van der Waals surface area contributed by atoms with E-state index < -0.39 is 0 Å². The van der Waals surface area contributed by atoms with E-state index in [9.17, 15) is 9.18 Å². The monoisotopic (exact) mass is 438 g/mol. The maximum atomic E-state index is 13.3. The van der Waals surface area contributed by atoms with E-state index in [2.05, 4.69) is 15.4 Å². The second kappa shape index (κ2) is 8.97. The fourth-order valence-electron chi connectivity index (χ4n) is 2.94. The number of thiazole rings is 1. The van der Waals surface area contributed by atoms with E-state index in [1.807, 2.05) is 12.3 Å². The minimum Gasteiger partial charge on any atom is -0.493 e. The summed E-state index contributed by atoms with van der Waals surface area (Å²) in [6.45, 7) is 2.12. The fourth-order valence-corrected chi connectivity index (χ4v) is 3.49. The second-order valence-corrected chi connectivity index (χ2v) is 7.37. The number of carbonyl (C=O) groups is 1. The van der Waals surface area contributed by atoms with Crippen molar-refractivity contribution in [2.45, 2.75) is 13.5 Å². The van der Waals surface area contributed by atoms with E-state index in [0.29, 0.717) is 40.9 Å². The highest BCUT2D eigenvalue weighted by Crippen LogP contribution is 2.29. The Morgan fingerprint density at radius 2 is 1.97 bits per heavy atom. The van der Waals surface area contributed by atoms with Crippen LogP contribution in [0.15, 0.2) is 59.4 Å². The summed E-state index contributed by atoms with van der Waals surface area (Å²) in [6.07, 6.45) is 0. The van der Waals surface area contributed by atoms with E-state index in [1.165, 1.54) is 30.6 Å². The largest absolute Gasteiger partial charge is 0.493 e. The first kappa shape index (κ1) is 20.5. The van der Waals surface area contributed by atoms with Gasteiger partial charge in [-0.15, -0.1) is 11.3 Å². The second-order valence-electron chi connectivity index (χ2n) is 6.65. The summed E-state index contributed by atoms with van der Waals surface area (Å²) < 4.78 is 26.0. The first-order valence-corrected chi connectivity index (χ1v) is 10.3. The molecule has 4 rings (SSSR count). The summed E-state index contributed by atoms with van der Waals surface area (Å²) in [4.78, 5) is 17.0. The zero-order valence-electron chi connectivity index (χ0n) is 16.8. The molecular weight excluding hydrogens is 419 g/mol. The lowest BCUT2D eigenvalue weighted by atomic mass is 10.2. The molecule has 0 saturated carbocycles. The normalized spacial score (nSPS) is 10.7. The highest BCUT2D eigenvalue weighted by molar-refractivity contribution is 7.07. The molecule has 7 nitrogen and oxygen atoms in total. The van der Waals surface area contributed by atoms with Crippen LogP contribution in [0.3, 0.4) is 0 Å². The van der Waals surface area contributed by atoms with Gasteiger partial charge < -0.3 is 14.8 Å². The number of halogens is 1. The SMILES string of the molecule is COc1cc(C(=O)Nc2cc(C)nn2-c2ccc(F)cc2)ccc1OCc1cscn1. The Morgan fingerprint density at radius 3 is 2.68 bits per heavy atom. The van der Waals surface area contributed by atoms with E-state index >= 15 is 0 Å². The molecule has 2 heterocycles. The standard InChI is InChI=1S/C22H19FN4O3S/c1-14-9-21(27(26-14)18-6-4-16(23)5-7-18)25-22(28)15-3-8-19(20(10-15)29-2)30-11-17-12-31-13-24-17/h3-10,12-13H,11H2,1-2H3,(H,25,28). The van der Waals surface area contributed by atoms with Crippen molar-refractivity contribution >= 4 is 23.1 Å². The predicted octanol–water partition coefficient (Wildman–Crippen LogP) is 4.62. The molecule has 0 unspecified atom stereocenters. The zero-order chi connectivity index (χ0) is 21.8. The van der Waals surface area contributed by atoms with Crippen LogP contribution in [0.4, 0.5) is 10.2 Å². The number of aryl methyl sites for hydroxylation is 1. The molecule has 2 aromatic heterocycles.